The van der Waals surface area contributed by atoms with Gasteiger partial charge in [-0.1, -0.05) is 49.4 Å². The summed E-state index contributed by atoms with van der Waals surface area (Å²) < 4.78 is 13.5. The summed E-state index contributed by atoms with van der Waals surface area (Å²) in [6, 6.07) is 20.7. The Morgan fingerprint density at radius 1 is 1.03 bits per heavy atom. The monoisotopic (exact) mass is 402 g/mol. The summed E-state index contributed by atoms with van der Waals surface area (Å²) in [5.41, 5.74) is 4.23. The molecule has 4 rings (SSSR count). The van der Waals surface area contributed by atoms with Crippen molar-refractivity contribution < 1.29 is 14.0 Å². The first kappa shape index (κ1) is 19.8. The van der Waals surface area contributed by atoms with Crippen LogP contribution in [0.5, 0.6) is 0 Å². The molecule has 1 aliphatic rings. The van der Waals surface area contributed by atoms with Gasteiger partial charge < -0.3 is 10.2 Å². The first-order chi connectivity index (χ1) is 14.5. The zero-order valence-electron chi connectivity index (χ0n) is 16.8. The summed E-state index contributed by atoms with van der Waals surface area (Å²) >= 11 is 0. The number of carbonyl (C=O) groups is 2. The topological polar surface area (TPSA) is 49.4 Å². The Bertz CT molecular complexity index is 1060. The second-order valence-corrected chi connectivity index (χ2v) is 7.46. The van der Waals surface area contributed by atoms with Gasteiger partial charge in [-0.3, -0.25) is 9.59 Å². The van der Waals surface area contributed by atoms with Crippen LogP contribution >= 0.6 is 0 Å². The quantitative estimate of drug-likeness (QED) is 0.623. The van der Waals surface area contributed by atoms with E-state index in [-0.39, 0.29) is 24.1 Å². The Morgan fingerprint density at radius 3 is 2.40 bits per heavy atom. The van der Waals surface area contributed by atoms with E-state index in [0.29, 0.717) is 17.8 Å². The van der Waals surface area contributed by atoms with Crippen molar-refractivity contribution in [3.8, 4) is 0 Å². The number of carbonyl (C=O) groups excluding carboxylic acids is 2. The number of halogens is 1. The minimum absolute atomic E-state index is 0.0842. The average molecular weight is 402 g/mol. The molecule has 152 valence electrons. The normalized spacial score (nSPS) is 13.8. The van der Waals surface area contributed by atoms with Crippen molar-refractivity contribution in [3.63, 3.8) is 0 Å². The second kappa shape index (κ2) is 8.49. The number of nitrogens with zero attached hydrogens (tertiary/aromatic N) is 1. The van der Waals surface area contributed by atoms with Gasteiger partial charge in [0.1, 0.15) is 5.82 Å². The van der Waals surface area contributed by atoms with Gasteiger partial charge in [0.05, 0.1) is 12.5 Å². The van der Waals surface area contributed by atoms with Crippen molar-refractivity contribution in [3.05, 3.63) is 101 Å². The summed E-state index contributed by atoms with van der Waals surface area (Å²) in [4.78, 5) is 27.5. The standard InChI is InChI=1S/C25H23FN2O2/c1-2-17-7-13-21(14-8-17)27-24(29)15-23(18-9-11-20(26)12-10-18)28-16-19-5-3-4-6-22(19)25(28)30/h3-14,23H,2,15-16H2,1H3,(H,27,29). The van der Waals surface area contributed by atoms with Crippen molar-refractivity contribution in [2.75, 3.05) is 5.32 Å². The van der Waals surface area contributed by atoms with Gasteiger partial charge in [-0.2, -0.15) is 0 Å². The molecule has 0 aromatic heterocycles. The maximum Gasteiger partial charge on any atom is 0.255 e. The van der Waals surface area contributed by atoms with Crippen LogP contribution in [0.2, 0.25) is 0 Å². The summed E-state index contributed by atoms with van der Waals surface area (Å²) in [7, 11) is 0. The van der Waals surface area contributed by atoms with Gasteiger partial charge in [-0.25, -0.2) is 4.39 Å². The molecule has 0 saturated heterocycles. The van der Waals surface area contributed by atoms with E-state index in [9.17, 15) is 14.0 Å². The minimum Gasteiger partial charge on any atom is -0.327 e. The van der Waals surface area contributed by atoms with E-state index in [4.69, 9.17) is 0 Å². The Hall–Kier alpha value is -3.47. The third kappa shape index (κ3) is 4.10. The van der Waals surface area contributed by atoms with Gasteiger partial charge in [-0.15, -0.1) is 0 Å². The lowest BCUT2D eigenvalue weighted by Crippen LogP contribution is -2.32. The van der Waals surface area contributed by atoms with E-state index in [1.54, 1.807) is 23.1 Å². The van der Waals surface area contributed by atoms with Crippen LogP contribution in [0.4, 0.5) is 10.1 Å². The zero-order chi connectivity index (χ0) is 21.1. The molecule has 0 bridgehead atoms. The van der Waals surface area contributed by atoms with Crippen LogP contribution in [0, 0.1) is 5.82 Å². The average Bonchev–Trinajstić information content (AvgIpc) is 3.10. The third-order valence-electron chi connectivity index (χ3n) is 5.51. The highest BCUT2D eigenvalue weighted by atomic mass is 19.1. The number of aryl methyl sites for hydroxylation is 1. The highest BCUT2D eigenvalue weighted by molar-refractivity contribution is 5.99. The molecule has 1 heterocycles. The second-order valence-electron chi connectivity index (χ2n) is 7.46. The van der Waals surface area contributed by atoms with Gasteiger partial charge in [0.25, 0.3) is 5.91 Å². The predicted octanol–water partition coefficient (Wildman–Crippen LogP) is 5.11. The first-order valence-electron chi connectivity index (χ1n) is 10.1. The lowest BCUT2D eigenvalue weighted by atomic mass is 10.0. The van der Waals surface area contributed by atoms with Gasteiger partial charge in [0, 0.05) is 17.8 Å². The Balaban J connectivity index is 1.57. The summed E-state index contributed by atoms with van der Waals surface area (Å²) in [6.07, 6.45) is 1.01. The lowest BCUT2D eigenvalue weighted by Gasteiger charge is -2.28. The molecule has 0 radical (unpaired) electrons. The fourth-order valence-electron chi connectivity index (χ4n) is 3.83. The smallest absolute Gasteiger partial charge is 0.255 e. The molecule has 0 aliphatic carbocycles. The van der Waals surface area contributed by atoms with E-state index in [2.05, 4.69) is 12.2 Å². The number of rotatable bonds is 6. The molecule has 0 fully saturated rings. The molecular weight excluding hydrogens is 379 g/mol. The maximum absolute atomic E-state index is 13.5. The Labute approximate surface area is 175 Å². The van der Waals surface area contributed by atoms with Crippen LogP contribution in [0.25, 0.3) is 0 Å². The molecule has 3 aromatic rings. The van der Waals surface area contributed by atoms with Gasteiger partial charge >= 0.3 is 0 Å². The third-order valence-corrected chi connectivity index (χ3v) is 5.51. The van der Waals surface area contributed by atoms with E-state index < -0.39 is 6.04 Å². The highest BCUT2D eigenvalue weighted by Crippen LogP contribution is 2.33. The van der Waals surface area contributed by atoms with E-state index in [1.807, 2.05) is 42.5 Å². The van der Waals surface area contributed by atoms with Crippen LogP contribution < -0.4 is 5.32 Å². The number of anilines is 1. The zero-order valence-corrected chi connectivity index (χ0v) is 16.8. The fraction of sp³-hybridized carbons (Fsp3) is 0.200. The Morgan fingerprint density at radius 2 is 1.73 bits per heavy atom. The van der Waals surface area contributed by atoms with E-state index in [0.717, 1.165) is 17.5 Å². The van der Waals surface area contributed by atoms with Crippen LogP contribution in [-0.2, 0) is 17.8 Å². The summed E-state index contributed by atoms with van der Waals surface area (Å²) in [6.45, 7) is 2.50. The molecule has 1 unspecified atom stereocenters. The van der Waals surface area contributed by atoms with E-state index in [1.165, 1.54) is 17.7 Å². The molecule has 3 aromatic carbocycles. The molecule has 1 N–H and O–H groups in total. The number of amides is 2. The fourth-order valence-corrected chi connectivity index (χ4v) is 3.83. The minimum atomic E-state index is -0.486. The van der Waals surface area contributed by atoms with Gasteiger partial charge in [-0.05, 0) is 53.4 Å². The van der Waals surface area contributed by atoms with Gasteiger partial charge in [0.2, 0.25) is 5.91 Å². The molecule has 1 atom stereocenters. The first-order valence-corrected chi connectivity index (χ1v) is 10.1. The van der Waals surface area contributed by atoms with Crippen LogP contribution in [0.15, 0.2) is 72.8 Å². The summed E-state index contributed by atoms with van der Waals surface area (Å²) in [5, 5.41) is 2.91. The number of benzene rings is 3. The Kier molecular flexibility index (Phi) is 5.61. The van der Waals surface area contributed by atoms with Crippen molar-refractivity contribution >= 4 is 17.5 Å². The molecular formula is C25H23FN2O2. The number of nitrogens with one attached hydrogen (secondary N) is 1. The van der Waals surface area contributed by atoms with Crippen LogP contribution in [0.3, 0.4) is 0 Å². The van der Waals surface area contributed by atoms with Crippen LogP contribution in [-0.4, -0.2) is 16.7 Å². The van der Waals surface area contributed by atoms with Crippen molar-refractivity contribution in [2.45, 2.75) is 32.4 Å². The highest BCUT2D eigenvalue weighted by Gasteiger charge is 2.34. The molecule has 2 amide bonds. The van der Waals surface area contributed by atoms with Crippen molar-refractivity contribution in [2.24, 2.45) is 0 Å². The predicted molar refractivity (Wildman–Crippen MR) is 115 cm³/mol. The molecule has 4 nitrogen and oxygen atoms in total. The number of hydrogen-bond acceptors (Lipinski definition) is 2. The van der Waals surface area contributed by atoms with Crippen LogP contribution in [0.1, 0.15) is 46.4 Å². The molecule has 1 aliphatic heterocycles. The van der Waals surface area contributed by atoms with Gasteiger partial charge in [0.15, 0.2) is 0 Å². The molecule has 5 heteroatoms. The number of fused-ring (bicyclic) bond motifs is 1. The molecule has 0 saturated carbocycles. The van der Waals surface area contributed by atoms with Crippen molar-refractivity contribution in [1.29, 1.82) is 0 Å². The number of hydrogen-bond donors (Lipinski definition) is 1. The van der Waals surface area contributed by atoms with E-state index >= 15 is 0 Å². The van der Waals surface area contributed by atoms with Crippen molar-refractivity contribution in [1.82, 2.24) is 4.90 Å². The SMILES string of the molecule is CCc1ccc(NC(=O)CC(c2ccc(F)cc2)N2Cc3ccccc3C2=O)cc1. The summed E-state index contributed by atoms with van der Waals surface area (Å²) in [5.74, 6) is -0.661. The molecule has 0 spiro atoms. The molecule has 30 heavy (non-hydrogen) atoms. The largest absolute Gasteiger partial charge is 0.327 e. The lowest BCUT2D eigenvalue weighted by molar-refractivity contribution is -0.117. The maximum atomic E-state index is 13.5.